The van der Waals surface area contributed by atoms with Gasteiger partial charge in [0.1, 0.15) is 5.75 Å². The lowest BCUT2D eigenvalue weighted by Gasteiger charge is -2.51. The van der Waals surface area contributed by atoms with E-state index in [0.717, 1.165) is 45.7 Å². The quantitative estimate of drug-likeness (QED) is 0.310. The van der Waals surface area contributed by atoms with Gasteiger partial charge in [0, 0.05) is 22.7 Å². The lowest BCUT2D eigenvalue weighted by Crippen LogP contribution is -2.43. The SMILES string of the molecule is COCOc1c(-c2ccccc2Br)cc(C23CC(C)CC(CC(C)C2)C3)cc1C1(C)CC2CC(C)CC(C2)C1. The molecule has 0 aliphatic heterocycles. The van der Waals surface area contributed by atoms with E-state index in [4.69, 9.17) is 9.47 Å². The van der Waals surface area contributed by atoms with E-state index in [2.05, 4.69) is 80.0 Å². The van der Waals surface area contributed by atoms with Gasteiger partial charge in [0.25, 0.3) is 0 Å². The second kappa shape index (κ2) is 10.8. The number of fused-ring (bicyclic) bond motifs is 4. The van der Waals surface area contributed by atoms with Crippen LogP contribution in [0.15, 0.2) is 40.9 Å². The standard InChI is InChI=1S/C36H49BrO2/c1-23-10-27-14-28(11-23)20-35(4,19-27)32-16-29(36-17-24(2)12-26(21-36)13-25(3)18-36)15-31(34(32)39-22-38-5)30-8-6-7-9-33(30)37/h6-9,15-16,23-28H,10-14,17-22H2,1-5H3. The lowest BCUT2D eigenvalue weighted by molar-refractivity contribution is 0.0462. The summed E-state index contributed by atoms with van der Waals surface area (Å²) in [6, 6.07) is 13.9. The first-order valence-corrected chi connectivity index (χ1v) is 16.5. The highest BCUT2D eigenvalue weighted by Gasteiger charge is 2.48. The molecular formula is C36H49BrO2. The molecule has 0 heterocycles. The number of methoxy groups -OCH3 is 1. The van der Waals surface area contributed by atoms with Crippen LogP contribution in [-0.2, 0) is 15.6 Å². The van der Waals surface area contributed by atoms with E-state index in [0.29, 0.717) is 0 Å². The molecule has 4 aliphatic carbocycles. The van der Waals surface area contributed by atoms with E-state index in [-0.39, 0.29) is 17.6 Å². The molecule has 4 unspecified atom stereocenters. The summed E-state index contributed by atoms with van der Waals surface area (Å²) >= 11 is 3.92. The Balaban J connectivity index is 1.56. The normalized spacial score (nSPS) is 37.9. The van der Waals surface area contributed by atoms with Crippen LogP contribution in [0.1, 0.15) is 103 Å². The molecule has 212 valence electrons. The van der Waals surface area contributed by atoms with Crippen molar-refractivity contribution in [2.24, 2.45) is 35.5 Å². The predicted molar refractivity (Wildman–Crippen MR) is 165 cm³/mol. The molecule has 0 N–H and O–H groups in total. The molecule has 0 aromatic heterocycles. The number of ether oxygens (including phenoxy) is 2. The second-order valence-corrected chi connectivity index (χ2v) is 15.7. The summed E-state index contributed by atoms with van der Waals surface area (Å²) in [6.45, 7) is 10.3. The first-order valence-electron chi connectivity index (χ1n) is 15.7. The van der Waals surface area contributed by atoms with Crippen LogP contribution < -0.4 is 4.74 Å². The van der Waals surface area contributed by atoms with Crippen molar-refractivity contribution in [2.45, 2.75) is 103 Å². The molecule has 39 heavy (non-hydrogen) atoms. The molecular weight excluding hydrogens is 544 g/mol. The minimum Gasteiger partial charge on any atom is -0.467 e. The van der Waals surface area contributed by atoms with Gasteiger partial charge >= 0.3 is 0 Å². The Morgan fingerprint density at radius 2 is 1.38 bits per heavy atom. The predicted octanol–water partition coefficient (Wildman–Crippen LogP) is 10.3. The Hall–Kier alpha value is -1.32. The summed E-state index contributed by atoms with van der Waals surface area (Å²) < 4.78 is 13.3. The molecule has 0 saturated heterocycles. The highest BCUT2D eigenvalue weighted by atomic mass is 79.9. The third-order valence-electron chi connectivity index (χ3n) is 11.1. The Morgan fingerprint density at radius 3 is 2.03 bits per heavy atom. The van der Waals surface area contributed by atoms with Gasteiger partial charge in [0.05, 0.1) is 0 Å². The minimum atomic E-state index is 0.124. The summed E-state index contributed by atoms with van der Waals surface area (Å²) in [5.74, 6) is 6.04. The van der Waals surface area contributed by atoms with Gasteiger partial charge in [-0.1, -0.05) is 67.9 Å². The topological polar surface area (TPSA) is 18.5 Å². The van der Waals surface area contributed by atoms with Gasteiger partial charge in [-0.15, -0.1) is 0 Å². The first-order chi connectivity index (χ1) is 18.7. The van der Waals surface area contributed by atoms with Gasteiger partial charge in [-0.2, -0.15) is 0 Å². The van der Waals surface area contributed by atoms with Crippen LogP contribution in [0.5, 0.6) is 5.75 Å². The number of hydrogen-bond donors (Lipinski definition) is 0. The molecule has 4 saturated carbocycles. The summed E-state index contributed by atoms with van der Waals surface area (Å²) in [4.78, 5) is 0. The summed E-state index contributed by atoms with van der Waals surface area (Å²) in [7, 11) is 1.74. The fourth-order valence-corrected chi connectivity index (χ4v) is 10.9. The van der Waals surface area contributed by atoms with E-state index in [1.54, 1.807) is 12.7 Å². The fraction of sp³-hybridized carbons (Fsp3) is 0.667. The lowest BCUT2D eigenvalue weighted by atomic mass is 9.53. The van der Waals surface area contributed by atoms with E-state index in [1.807, 2.05) is 0 Å². The van der Waals surface area contributed by atoms with Crippen molar-refractivity contribution < 1.29 is 9.47 Å². The number of benzene rings is 2. The van der Waals surface area contributed by atoms with Crippen LogP contribution in [0.3, 0.4) is 0 Å². The van der Waals surface area contributed by atoms with Crippen LogP contribution in [0, 0.1) is 35.5 Å². The maximum Gasteiger partial charge on any atom is 0.188 e. The van der Waals surface area contributed by atoms with E-state index in [9.17, 15) is 0 Å². The Kier molecular flexibility index (Phi) is 7.72. The van der Waals surface area contributed by atoms with Gasteiger partial charge < -0.3 is 9.47 Å². The molecule has 0 spiro atoms. The van der Waals surface area contributed by atoms with Crippen molar-refractivity contribution in [1.29, 1.82) is 0 Å². The molecule has 4 aliphatic rings. The minimum absolute atomic E-state index is 0.124. The molecule has 6 rings (SSSR count). The fourth-order valence-electron chi connectivity index (χ4n) is 10.4. The zero-order chi connectivity index (χ0) is 27.4. The third kappa shape index (κ3) is 5.36. The van der Waals surface area contributed by atoms with Gasteiger partial charge in [-0.3, -0.25) is 0 Å². The van der Waals surface area contributed by atoms with Crippen molar-refractivity contribution in [3.05, 3.63) is 52.0 Å². The molecule has 3 heteroatoms. The van der Waals surface area contributed by atoms with Gasteiger partial charge in [-0.05, 0) is 134 Å². The van der Waals surface area contributed by atoms with Crippen LogP contribution in [-0.4, -0.2) is 13.9 Å². The van der Waals surface area contributed by atoms with Crippen LogP contribution in [0.2, 0.25) is 0 Å². The Morgan fingerprint density at radius 1 is 0.769 bits per heavy atom. The van der Waals surface area contributed by atoms with Crippen LogP contribution >= 0.6 is 15.9 Å². The van der Waals surface area contributed by atoms with Crippen LogP contribution in [0.25, 0.3) is 11.1 Å². The molecule has 2 aromatic carbocycles. The molecule has 4 fully saturated rings. The van der Waals surface area contributed by atoms with Gasteiger partial charge in [0.2, 0.25) is 0 Å². The maximum atomic E-state index is 6.63. The Bertz CT molecular complexity index is 1150. The van der Waals surface area contributed by atoms with E-state index >= 15 is 0 Å². The van der Waals surface area contributed by atoms with E-state index < -0.39 is 0 Å². The molecule has 0 amide bonds. The van der Waals surface area contributed by atoms with E-state index in [1.165, 1.54) is 80.9 Å². The molecule has 2 aromatic rings. The molecule has 0 radical (unpaired) electrons. The monoisotopic (exact) mass is 592 g/mol. The zero-order valence-electron chi connectivity index (χ0n) is 24.9. The first kappa shape index (κ1) is 27.8. The van der Waals surface area contributed by atoms with Crippen LogP contribution in [0.4, 0.5) is 0 Å². The van der Waals surface area contributed by atoms with Crippen molar-refractivity contribution >= 4 is 15.9 Å². The smallest absolute Gasteiger partial charge is 0.188 e. The van der Waals surface area contributed by atoms with Crippen molar-refractivity contribution in [1.82, 2.24) is 0 Å². The average molecular weight is 594 g/mol. The summed E-state index contributed by atoms with van der Waals surface area (Å²) in [6.07, 6.45) is 13.6. The summed E-state index contributed by atoms with van der Waals surface area (Å²) in [5.41, 5.74) is 5.93. The molecule has 2 nitrogen and oxygen atoms in total. The van der Waals surface area contributed by atoms with Gasteiger partial charge in [0.15, 0.2) is 6.79 Å². The van der Waals surface area contributed by atoms with Gasteiger partial charge in [-0.25, -0.2) is 0 Å². The molecule has 4 atom stereocenters. The Labute approximate surface area is 245 Å². The summed E-state index contributed by atoms with van der Waals surface area (Å²) in [5, 5.41) is 0. The second-order valence-electron chi connectivity index (χ2n) is 14.9. The van der Waals surface area contributed by atoms with Crippen molar-refractivity contribution in [3.8, 4) is 16.9 Å². The average Bonchev–Trinajstić information content (AvgIpc) is 2.85. The number of hydrogen-bond acceptors (Lipinski definition) is 2. The highest BCUT2D eigenvalue weighted by Crippen LogP contribution is 2.58. The highest BCUT2D eigenvalue weighted by molar-refractivity contribution is 9.10. The zero-order valence-corrected chi connectivity index (χ0v) is 26.5. The number of halogens is 1. The number of rotatable bonds is 6. The molecule has 4 bridgehead atoms. The maximum absolute atomic E-state index is 6.63. The largest absolute Gasteiger partial charge is 0.467 e. The third-order valence-corrected chi connectivity index (χ3v) is 11.8. The van der Waals surface area contributed by atoms with Crippen molar-refractivity contribution in [3.63, 3.8) is 0 Å². The van der Waals surface area contributed by atoms with Crippen molar-refractivity contribution in [2.75, 3.05) is 13.9 Å².